The number of benzene rings is 1. The Morgan fingerprint density at radius 1 is 1.07 bits per heavy atom. The number of carbonyl (C=O) groups is 2. The topological polar surface area (TPSA) is 52.7 Å². The number of aryl methyl sites for hydroxylation is 1. The van der Waals surface area contributed by atoms with Crippen molar-refractivity contribution in [3.63, 3.8) is 0 Å². The van der Waals surface area contributed by atoms with Gasteiger partial charge in [-0.1, -0.05) is 31.5 Å². The minimum Gasteiger partial charge on any atom is -0.340 e. The third kappa shape index (κ3) is 4.40. The average Bonchev–Trinajstić information content (AvgIpc) is 3.32. The number of para-hydroxylation sites is 1. The van der Waals surface area contributed by atoms with Crippen LogP contribution in [0.2, 0.25) is 0 Å². The maximum absolute atomic E-state index is 12.7. The molecule has 2 amide bonds. The molecule has 5 nitrogen and oxygen atoms in total. The summed E-state index contributed by atoms with van der Waals surface area (Å²) in [4.78, 5) is 29.3. The van der Waals surface area contributed by atoms with Crippen LogP contribution in [0, 0.1) is 17.8 Å². The number of rotatable bonds is 6. The summed E-state index contributed by atoms with van der Waals surface area (Å²) in [6.45, 7) is 5.55. The number of anilines is 1. The van der Waals surface area contributed by atoms with Gasteiger partial charge in [0.25, 0.3) is 0 Å². The molecule has 0 radical (unpaired) electrons. The Balaban J connectivity index is 1.20. The first-order valence-electron chi connectivity index (χ1n) is 11.0. The molecule has 2 saturated carbocycles. The number of nitrogens with one attached hydrogen (secondary N) is 1. The zero-order valence-electron chi connectivity index (χ0n) is 17.0. The number of piperazine rings is 1. The molecule has 152 valence electrons. The summed E-state index contributed by atoms with van der Waals surface area (Å²) in [7, 11) is 0. The molecular weight excluding hydrogens is 350 g/mol. The Kier molecular flexibility index (Phi) is 6.00. The van der Waals surface area contributed by atoms with Gasteiger partial charge in [0.15, 0.2) is 0 Å². The predicted molar refractivity (Wildman–Crippen MR) is 111 cm³/mol. The molecule has 5 heteroatoms. The number of hydrogen-bond acceptors (Lipinski definition) is 3. The van der Waals surface area contributed by atoms with Crippen LogP contribution in [0.4, 0.5) is 5.69 Å². The molecule has 1 heterocycles. The van der Waals surface area contributed by atoms with Gasteiger partial charge < -0.3 is 10.2 Å². The summed E-state index contributed by atoms with van der Waals surface area (Å²) in [6.07, 6.45) is 7.01. The van der Waals surface area contributed by atoms with Crippen LogP contribution in [0.25, 0.3) is 0 Å². The van der Waals surface area contributed by atoms with Gasteiger partial charge in [-0.15, -0.1) is 0 Å². The van der Waals surface area contributed by atoms with Gasteiger partial charge in [0.1, 0.15) is 0 Å². The van der Waals surface area contributed by atoms with Crippen LogP contribution >= 0.6 is 0 Å². The number of nitrogens with zero attached hydrogens (tertiary/aromatic N) is 2. The summed E-state index contributed by atoms with van der Waals surface area (Å²) in [5, 5.41) is 3.05. The molecule has 2 aliphatic carbocycles. The molecule has 4 rings (SSSR count). The highest BCUT2D eigenvalue weighted by Crippen LogP contribution is 2.49. The van der Waals surface area contributed by atoms with E-state index < -0.39 is 0 Å². The molecular formula is C23H33N3O2. The Labute approximate surface area is 168 Å². The summed E-state index contributed by atoms with van der Waals surface area (Å²) in [6, 6.07) is 7.97. The molecule has 3 fully saturated rings. The van der Waals surface area contributed by atoms with Crippen LogP contribution in [0.3, 0.4) is 0 Å². The van der Waals surface area contributed by atoms with E-state index in [0.29, 0.717) is 18.4 Å². The summed E-state index contributed by atoms with van der Waals surface area (Å²) >= 11 is 0. The number of fused-ring (bicyclic) bond motifs is 2. The molecule has 1 N–H and O–H groups in total. The maximum atomic E-state index is 12.7. The third-order valence-corrected chi connectivity index (χ3v) is 7.09. The molecule has 2 bridgehead atoms. The van der Waals surface area contributed by atoms with E-state index in [9.17, 15) is 9.59 Å². The van der Waals surface area contributed by atoms with Crippen LogP contribution in [0.15, 0.2) is 24.3 Å². The van der Waals surface area contributed by atoms with Gasteiger partial charge in [0.2, 0.25) is 11.8 Å². The first kappa shape index (κ1) is 19.4. The number of amides is 2. The number of carbonyl (C=O) groups excluding carboxylic acids is 2. The standard InChI is InChI=1S/C23H33N3O2/c1-2-18-5-3-4-6-21(18)24-22(27)16-25-9-11-26(12-10-25)23(28)15-20-14-17-7-8-19(20)13-17/h3-6,17,19-20H,2,7-16H2,1H3,(H,24,27)/t17-,19-,20+/m1/s1. The minimum atomic E-state index is 0.0302. The van der Waals surface area contributed by atoms with Gasteiger partial charge in [-0.25, -0.2) is 0 Å². The van der Waals surface area contributed by atoms with Crippen LogP contribution in [-0.4, -0.2) is 54.3 Å². The second kappa shape index (κ2) is 8.64. The first-order valence-corrected chi connectivity index (χ1v) is 11.0. The van der Waals surface area contributed by atoms with Crippen LogP contribution in [0.5, 0.6) is 0 Å². The smallest absolute Gasteiger partial charge is 0.238 e. The highest BCUT2D eigenvalue weighted by molar-refractivity contribution is 5.93. The lowest BCUT2D eigenvalue weighted by Gasteiger charge is -2.35. The fraction of sp³-hybridized carbons (Fsp3) is 0.652. The predicted octanol–water partition coefficient (Wildman–Crippen LogP) is 3.16. The lowest BCUT2D eigenvalue weighted by atomic mass is 9.86. The van der Waals surface area contributed by atoms with E-state index in [1.165, 1.54) is 25.7 Å². The zero-order valence-corrected chi connectivity index (χ0v) is 17.0. The molecule has 1 aromatic carbocycles. The molecule has 1 aliphatic heterocycles. The SMILES string of the molecule is CCc1ccccc1NC(=O)CN1CCN(C(=O)C[C@@H]2C[C@@H]3CC[C@@H]2C3)CC1. The molecule has 3 atom stereocenters. The van der Waals surface area contributed by atoms with Crippen molar-refractivity contribution in [2.75, 3.05) is 38.0 Å². The van der Waals surface area contributed by atoms with Gasteiger partial charge in [0, 0.05) is 38.3 Å². The van der Waals surface area contributed by atoms with Crippen molar-refractivity contribution in [1.82, 2.24) is 9.80 Å². The second-order valence-corrected chi connectivity index (χ2v) is 8.85. The fourth-order valence-electron chi connectivity index (χ4n) is 5.48. The summed E-state index contributed by atoms with van der Waals surface area (Å²) < 4.78 is 0. The quantitative estimate of drug-likeness (QED) is 0.821. The normalized spacial score (nSPS) is 27.2. The molecule has 0 aromatic heterocycles. The molecule has 0 spiro atoms. The first-order chi connectivity index (χ1) is 13.6. The van der Waals surface area contributed by atoms with Crippen molar-refractivity contribution in [3.05, 3.63) is 29.8 Å². The largest absolute Gasteiger partial charge is 0.340 e. The monoisotopic (exact) mass is 383 g/mol. The van der Waals surface area contributed by atoms with Crippen molar-refractivity contribution in [2.24, 2.45) is 17.8 Å². The van der Waals surface area contributed by atoms with Gasteiger partial charge in [-0.05, 0) is 55.1 Å². The van der Waals surface area contributed by atoms with Crippen molar-refractivity contribution >= 4 is 17.5 Å². The lowest BCUT2D eigenvalue weighted by molar-refractivity contribution is -0.134. The van der Waals surface area contributed by atoms with Crippen LogP contribution < -0.4 is 5.32 Å². The maximum Gasteiger partial charge on any atom is 0.238 e. The third-order valence-electron chi connectivity index (χ3n) is 7.09. The Morgan fingerprint density at radius 3 is 2.54 bits per heavy atom. The van der Waals surface area contributed by atoms with E-state index in [2.05, 4.69) is 23.2 Å². The zero-order chi connectivity index (χ0) is 19.5. The Bertz CT molecular complexity index is 712. The van der Waals surface area contributed by atoms with Gasteiger partial charge in [0.05, 0.1) is 6.54 Å². The van der Waals surface area contributed by atoms with Crippen molar-refractivity contribution in [1.29, 1.82) is 0 Å². The molecule has 0 unspecified atom stereocenters. The number of hydrogen-bond donors (Lipinski definition) is 1. The average molecular weight is 384 g/mol. The van der Waals surface area contributed by atoms with E-state index in [-0.39, 0.29) is 5.91 Å². The molecule has 28 heavy (non-hydrogen) atoms. The molecule has 1 aromatic rings. The fourth-order valence-corrected chi connectivity index (χ4v) is 5.48. The van der Waals surface area contributed by atoms with Gasteiger partial charge in [-0.2, -0.15) is 0 Å². The van der Waals surface area contributed by atoms with Crippen molar-refractivity contribution < 1.29 is 9.59 Å². The van der Waals surface area contributed by atoms with E-state index in [1.54, 1.807) is 0 Å². The Morgan fingerprint density at radius 2 is 1.86 bits per heavy atom. The van der Waals surface area contributed by atoms with Crippen molar-refractivity contribution in [2.45, 2.75) is 45.4 Å². The molecule has 1 saturated heterocycles. The minimum absolute atomic E-state index is 0.0302. The van der Waals surface area contributed by atoms with Crippen molar-refractivity contribution in [3.8, 4) is 0 Å². The van der Waals surface area contributed by atoms with Crippen LogP contribution in [-0.2, 0) is 16.0 Å². The highest BCUT2D eigenvalue weighted by Gasteiger charge is 2.40. The van der Waals surface area contributed by atoms with E-state index >= 15 is 0 Å². The van der Waals surface area contributed by atoms with Gasteiger partial charge in [-0.3, -0.25) is 14.5 Å². The van der Waals surface area contributed by atoms with Gasteiger partial charge >= 0.3 is 0 Å². The molecule has 3 aliphatic rings. The summed E-state index contributed by atoms with van der Waals surface area (Å²) in [5.41, 5.74) is 2.07. The van der Waals surface area contributed by atoms with E-state index in [4.69, 9.17) is 0 Å². The second-order valence-electron chi connectivity index (χ2n) is 8.85. The van der Waals surface area contributed by atoms with E-state index in [1.807, 2.05) is 23.1 Å². The summed E-state index contributed by atoms with van der Waals surface area (Å²) in [5.74, 6) is 2.70. The van der Waals surface area contributed by atoms with E-state index in [0.717, 1.165) is 62.1 Å². The van der Waals surface area contributed by atoms with Crippen LogP contribution in [0.1, 0.15) is 44.6 Å². The lowest BCUT2D eigenvalue weighted by Crippen LogP contribution is -2.50. The Hall–Kier alpha value is -1.88. The highest BCUT2D eigenvalue weighted by atomic mass is 16.2.